The molecule has 1 aliphatic rings. The monoisotopic (exact) mass is 598 g/mol. The highest BCUT2D eigenvalue weighted by molar-refractivity contribution is 7.26. The van der Waals surface area contributed by atoms with Crippen LogP contribution in [0.25, 0.3) is 37.7 Å². The molecule has 5 rings (SSSR count). The van der Waals surface area contributed by atoms with Crippen LogP contribution in [0.15, 0.2) is 102 Å². The van der Waals surface area contributed by atoms with Crippen molar-refractivity contribution in [3.63, 3.8) is 0 Å². The Balaban J connectivity index is 1.28. The van der Waals surface area contributed by atoms with E-state index in [4.69, 9.17) is 15.1 Å². The minimum Gasteiger partial charge on any atom is -0.477 e. The van der Waals surface area contributed by atoms with E-state index in [2.05, 4.69) is 65.6 Å². The highest BCUT2D eigenvalue weighted by atomic mass is 32.1. The summed E-state index contributed by atoms with van der Waals surface area (Å²) < 4.78 is 20.0. The first-order valence-corrected chi connectivity index (χ1v) is 14.8. The third kappa shape index (κ3) is 6.47. The summed E-state index contributed by atoms with van der Waals surface area (Å²) in [4.78, 5) is 20.0. The molecule has 0 saturated heterocycles. The molecule has 0 saturated carbocycles. The number of hydrogen-bond donors (Lipinski definition) is 1. The zero-order valence-electron chi connectivity index (χ0n) is 22.0. The van der Waals surface area contributed by atoms with Gasteiger partial charge in [0.25, 0.3) is 0 Å². The SMILES string of the molecule is CN(C)c1ccc(/C=C/c2ccc(-c3ccc(-c4ccc(/C=C/C5=C(F)C(=C(/C#N)C(=O)O)/C=CO5)s4)s3)s2)cc1. The maximum absolute atomic E-state index is 14.8. The Kier molecular flexibility index (Phi) is 8.45. The number of hydrogen-bond acceptors (Lipinski definition) is 7. The molecule has 3 aromatic heterocycles. The average Bonchev–Trinajstić information content (AvgIpc) is 3.73. The van der Waals surface area contributed by atoms with Gasteiger partial charge in [0, 0.05) is 54.6 Å². The number of thiophene rings is 3. The number of ether oxygens (including phenoxy) is 1. The van der Waals surface area contributed by atoms with E-state index >= 15 is 0 Å². The topological polar surface area (TPSA) is 73.6 Å². The van der Waals surface area contributed by atoms with Gasteiger partial charge in [-0.05, 0) is 78.4 Å². The molecule has 0 radical (unpaired) electrons. The zero-order chi connectivity index (χ0) is 28.9. The van der Waals surface area contributed by atoms with Gasteiger partial charge in [-0.1, -0.05) is 18.2 Å². The molecule has 0 fully saturated rings. The quantitative estimate of drug-likeness (QED) is 0.162. The van der Waals surface area contributed by atoms with Crippen molar-refractivity contribution in [1.29, 1.82) is 5.26 Å². The maximum Gasteiger partial charge on any atom is 0.347 e. The van der Waals surface area contributed by atoms with Crippen LogP contribution in [-0.2, 0) is 9.53 Å². The lowest BCUT2D eigenvalue weighted by molar-refractivity contribution is -0.132. The van der Waals surface area contributed by atoms with Crippen molar-refractivity contribution in [2.24, 2.45) is 0 Å². The predicted octanol–water partition coefficient (Wildman–Crippen LogP) is 9.08. The summed E-state index contributed by atoms with van der Waals surface area (Å²) >= 11 is 5.01. The number of aliphatic carboxylic acids is 1. The first-order valence-electron chi connectivity index (χ1n) is 12.4. The van der Waals surface area contributed by atoms with Crippen molar-refractivity contribution < 1.29 is 19.0 Å². The smallest absolute Gasteiger partial charge is 0.347 e. The first-order chi connectivity index (χ1) is 19.8. The first kappa shape index (κ1) is 28.1. The molecule has 9 heteroatoms. The minimum absolute atomic E-state index is 0.155. The highest BCUT2D eigenvalue weighted by Crippen LogP contribution is 2.40. The van der Waals surface area contributed by atoms with Gasteiger partial charge in [-0.2, -0.15) is 5.26 Å². The van der Waals surface area contributed by atoms with Crippen LogP contribution < -0.4 is 4.90 Å². The molecule has 204 valence electrons. The van der Waals surface area contributed by atoms with Crippen molar-refractivity contribution in [3.8, 4) is 25.6 Å². The molecule has 1 aliphatic heterocycles. The van der Waals surface area contributed by atoms with Gasteiger partial charge in [0.15, 0.2) is 11.6 Å². The zero-order valence-corrected chi connectivity index (χ0v) is 24.4. The number of nitriles is 1. The second-order valence-electron chi connectivity index (χ2n) is 9.03. The van der Waals surface area contributed by atoms with Crippen molar-refractivity contribution in [2.45, 2.75) is 0 Å². The van der Waals surface area contributed by atoms with E-state index in [1.54, 1.807) is 40.1 Å². The molecule has 1 N–H and O–H groups in total. The summed E-state index contributed by atoms with van der Waals surface area (Å²) in [6, 6.07) is 22.4. The van der Waals surface area contributed by atoms with Crippen LogP contribution in [0.1, 0.15) is 15.3 Å². The summed E-state index contributed by atoms with van der Waals surface area (Å²) in [5.41, 5.74) is 1.34. The lowest BCUT2D eigenvalue weighted by Crippen LogP contribution is -2.07. The molecule has 4 heterocycles. The normalized spacial score (nSPS) is 14.5. The van der Waals surface area contributed by atoms with Crippen LogP contribution in [0.3, 0.4) is 0 Å². The molecule has 5 nitrogen and oxygen atoms in total. The second kappa shape index (κ2) is 12.4. The number of carboxylic acid groups (broad SMARTS) is 1. The van der Waals surface area contributed by atoms with Crippen LogP contribution in [-0.4, -0.2) is 25.2 Å². The van der Waals surface area contributed by atoms with Crippen molar-refractivity contribution in [3.05, 3.63) is 117 Å². The Labute approximate surface area is 249 Å². The summed E-state index contributed by atoms with van der Waals surface area (Å²) in [5.74, 6) is -2.54. The van der Waals surface area contributed by atoms with Crippen molar-refractivity contribution >= 4 is 63.9 Å². The van der Waals surface area contributed by atoms with Crippen LogP contribution in [0.4, 0.5) is 10.1 Å². The summed E-state index contributed by atoms with van der Waals surface area (Å²) in [7, 11) is 4.06. The molecule has 0 bridgehead atoms. The van der Waals surface area contributed by atoms with Crippen molar-refractivity contribution in [1.82, 2.24) is 0 Å². The maximum atomic E-state index is 14.8. The van der Waals surface area contributed by atoms with Gasteiger partial charge < -0.3 is 14.7 Å². The second-order valence-corrected chi connectivity index (χ2v) is 12.3. The van der Waals surface area contributed by atoms with Gasteiger partial charge in [-0.25, -0.2) is 9.18 Å². The molecule has 41 heavy (non-hydrogen) atoms. The van der Waals surface area contributed by atoms with Crippen molar-refractivity contribution in [2.75, 3.05) is 19.0 Å². The molecule has 1 aromatic carbocycles. The van der Waals surface area contributed by atoms with Crippen LogP contribution in [0, 0.1) is 11.3 Å². The Bertz CT molecular complexity index is 1790. The number of carbonyl (C=O) groups is 1. The number of allylic oxidation sites excluding steroid dienone is 4. The molecule has 0 spiro atoms. The molecular formula is C32H23FN2O3S3. The Morgan fingerprint density at radius 2 is 1.41 bits per heavy atom. The third-order valence-corrected chi connectivity index (χ3v) is 9.65. The van der Waals surface area contributed by atoms with Gasteiger partial charge >= 0.3 is 5.97 Å². The molecule has 0 unspecified atom stereocenters. The number of benzene rings is 1. The fourth-order valence-electron chi connectivity index (χ4n) is 3.93. The molecule has 4 aromatic rings. The number of nitrogens with zero attached hydrogens (tertiary/aromatic N) is 2. The van der Waals surface area contributed by atoms with E-state index in [1.807, 2.05) is 26.2 Å². The lowest BCUT2D eigenvalue weighted by atomic mass is 10.1. The largest absolute Gasteiger partial charge is 0.477 e. The number of carboxylic acids is 1. The van der Waals surface area contributed by atoms with Gasteiger partial charge in [-0.15, -0.1) is 34.0 Å². The predicted molar refractivity (Wildman–Crippen MR) is 168 cm³/mol. The van der Waals surface area contributed by atoms with Gasteiger partial charge in [0.1, 0.15) is 11.6 Å². The minimum atomic E-state index is -1.49. The third-order valence-electron chi connectivity index (χ3n) is 6.07. The van der Waals surface area contributed by atoms with E-state index in [1.165, 1.54) is 38.7 Å². The van der Waals surface area contributed by atoms with E-state index in [0.717, 1.165) is 26.3 Å². The van der Waals surface area contributed by atoms with E-state index < -0.39 is 17.4 Å². The van der Waals surface area contributed by atoms with Gasteiger partial charge in [0.05, 0.1) is 6.26 Å². The average molecular weight is 599 g/mol. The van der Waals surface area contributed by atoms with Gasteiger partial charge in [0.2, 0.25) is 0 Å². The molecule has 0 amide bonds. The molecule has 0 aliphatic carbocycles. The van der Waals surface area contributed by atoms with Crippen LogP contribution in [0.5, 0.6) is 0 Å². The fraction of sp³-hybridized carbons (Fsp3) is 0.0625. The standard InChI is InChI=1S/C32H23FN2O3S3/c1-35(2)21-6-3-20(4-7-21)5-8-22-10-13-27(39-22)29-15-16-30(41-29)28-14-11-23(40-28)9-12-26-31(33)24(17-18-38-26)25(19-34)32(36)37/h3-18H,1-2H3,(H,36,37)/b8-5+,12-9+,25-24-. The fourth-order valence-corrected chi connectivity index (χ4v) is 6.94. The van der Waals surface area contributed by atoms with E-state index in [9.17, 15) is 9.18 Å². The molecular weight excluding hydrogens is 576 g/mol. The Morgan fingerprint density at radius 1 is 0.854 bits per heavy atom. The highest BCUT2D eigenvalue weighted by Gasteiger charge is 2.21. The van der Waals surface area contributed by atoms with Gasteiger partial charge in [-0.3, -0.25) is 0 Å². The summed E-state index contributed by atoms with van der Waals surface area (Å²) in [6.07, 6.45) is 9.69. The van der Waals surface area contributed by atoms with E-state index in [-0.39, 0.29) is 11.3 Å². The lowest BCUT2D eigenvalue weighted by Gasteiger charge is -2.11. The molecule has 0 atom stereocenters. The number of anilines is 1. The number of rotatable bonds is 8. The van der Waals surface area contributed by atoms with Crippen LogP contribution in [0.2, 0.25) is 0 Å². The van der Waals surface area contributed by atoms with E-state index in [0.29, 0.717) is 0 Å². The Hall–Kier alpha value is -4.49. The summed E-state index contributed by atoms with van der Waals surface area (Å²) in [5, 5.41) is 18.2. The van der Waals surface area contributed by atoms with Crippen LogP contribution >= 0.6 is 34.0 Å². The number of halogens is 1. The summed E-state index contributed by atoms with van der Waals surface area (Å²) in [6.45, 7) is 0. The Morgan fingerprint density at radius 3 is 1.98 bits per heavy atom.